The highest BCUT2D eigenvalue weighted by molar-refractivity contribution is 6.33. The second-order valence-corrected chi connectivity index (χ2v) is 8.09. The van der Waals surface area contributed by atoms with Crippen LogP contribution in [0.25, 0.3) is 10.9 Å². The highest BCUT2D eigenvalue weighted by atomic mass is 35.5. The minimum atomic E-state index is -0.376. The van der Waals surface area contributed by atoms with E-state index in [0.717, 1.165) is 11.1 Å². The predicted molar refractivity (Wildman–Crippen MR) is 116 cm³/mol. The van der Waals surface area contributed by atoms with Crippen molar-refractivity contribution < 1.29 is 23.5 Å². The highest BCUT2D eigenvalue weighted by Crippen LogP contribution is 2.32. The highest BCUT2D eigenvalue weighted by Gasteiger charge is 2.17. The minimum absolute atomic E-state index is 0.225. The van der Waals surface area contributed by atoms with Crippen LogP contribution in [0.15, 0.2) is 42.5 Å². The van der Waals surface area contributed by atoms with Gasteiger partial charge in [-0.3, -0.25) is 14.2 Å². The Morgan fingerprint density at radius 3 is 2.13 bits per heavy atom. The van der Waals surface area contributed by atoms with E-state index in [2.05, 4.69) is 0 Å². The first-order valence-corrected chi connectivity index (χ1v) is 9.66. The van der Waals surface area contributed by atoms with Crippen LogP contribution in [0, 0.1) is 12.7 Å². The van der Waals surface area contributed by atoms with E-state index in [9.17, 15) is 14.0 Å². The molecule has 0 atom stereocenters. The molecule has 3 rings (SSSR count). The summed E-state index contributed by atoms with van der Waals surface area (Å²) in [4.78, 5) is 22.9. The minimum Gasteiger partial charge on any atom is -0.495 e. The van der Waals surface area contributed by atoms with Crippen LogP contribution in [0.3, 0.4) is 0 Å². The van der Waals surface area contributed by atoms with Gasteiger partial charge in [0.1, 0.15) is 17.2 Å². The lowest BCUT2D eigenvalue weighted by Gasteiger charge is -2.17. The van der Waals surface area contributed by atoms with Crippen molar-refractivity contribution in [3.05, 3.63) is 64.6 Å². The number of nitrogens with zero attached hydrogens (tertiary/aromatic N) is 1. The molecule has 0 amide bonds. The van der Waals surface area contributed by atoms with Crippen molar-refractivity contribution >= 4 is 34.4 Å². The van der Waals surface area contributed by atoms with Gasteiger partial charge in [-0.1, -0.05) is 11.6 Å². The standard InChI is InChI=1S/C17H13ClFNO2.C6H12O2/c1-10-7-12-8-16(22-2)14(18)9-15(12)20(10)17(21)11-3-5-13(19)6-4-11;1-5(7)8-6(2,3)4/h3-9H,1-2H3;1-4H3. The van der Waals surface area contributed by atoms with Gasteiger partial charge in [0.05, 0.1) is 17.6 Å². The van der Waals surface area contributed by atoms with Crippen LogP contribution < -0.4 is 4.74 Å². The second-order valence-electron chi connectivity index (χ2n) is 7.68. The first-order chi connectivity index (χ1) is 13.9. The van der Waals surface area contributed by atoms with Crippen molar-refractivity contribution in [1.29, 1.82) is 0 Å². The molecule has 2 aromatic carbocycles. The van der Waals surface area contributed by atoms with Crippen molar-refractivity contribution in [3.8, 4) is 5.75 Å². The molecule has 0 aliphatic heterocycles. The summed E-state index contributed by atoms with van der Waals surface area (Å²) in [5, 5.41) is 1.29. The molecular formula is C23H25ClFNO4. The Morgan fingerprint density at radius 1 is 1.07 bits per heavy atom. The lowest BCUT2D eigenvalue weighted by Crippen LogP contribution is -2.21. The van der Waals surface area contributed by atoms with Crippen molar-refractivity contribution in [2.75, 3.05) is 7.11 Å². The number of methoxy groups -OCH3 is 1. The number of carbonyl (C=O) groups is 2. The lowest BCUT2D eigenvalue weighted by molar-refractivity contribution is -0.151. The molecule has 0 saturated carbocycles. The van der Waals surface area contributed by atoms with E-state index in [1.807, 2.05) is 33.8 Å². The SMILES string of the molecule is CC(=O)OC(C)(C)C.COc1cc2cc(C)n(C(=O)c3ccc(F)cc3)c2cc1Cl. The van der Waals surface area contributed by atoms with E-state index in [4.69, 9.17) is 21.1 Å². The van der Waals surface area contributed by atoms with E-state index in [1.165, 1.54) is 31.2 Å². The van der Waals surface area contributed by atoms with Crippen LogP contribution in [0.4, 0.5) is 4.39 Å². The van der Waals surface area contributed by atoms with Crippen LogP contribution in [-0.4, -0.2) is 29.2 Å². The molecule has 7 heteroatoms. The van der Waals surface area contributed by atoms with Crippen LogP contribution in [0.5, 0.6) is 5.75 Å². The van der Waals surface area contributed by atoms with E-state index >= 15 is 0 Å². The molecule has 0 unspecified atom stereocenters. The Morgan fingerprint density at radius 2 is 1.67 bits per heavy atom. The molecule has 0 saturated heterocycles. The van der Waals surface area contributed by atoms with Gasteiger partial charge in [0.15, 0.2) is 0 Å². The van der Waals surface area contributed by atoms with Crippen molar-refractivity contribution in [2.45, 2.75) is 40.2 Å². The monoisotopic (exact) mass is 433 g/mol. The molecule has 3 aromatic rings. The zero-order chi connectivity index (χ0) is 22.6. The topological polar surface area (TPSA) is 57.5 Å². The fourth-order valence-electron chi connectivity index (χ4n) is 2.93. The predicted octanol–water partition coefficient (Wildman–Crippen LogP) is 5.79. The molecule has 0 aliphatic rings. The van der Waals surface area contributed by atoms with Gasteiger partial charge in [-0.05, 0) is 70.2 Å². The Bertz CT molecular complexity index is 1070. The first-order valence-electron chi connectivity index (χ1n) is 9.28. The van der Waals surface area contributed by atoms with Gasteiger partial charge in [-0.2, -0.15) is 0 Å². The largest absolute Gasteiger partial charge is 0.495 e. The molecule has 5 nitrogen and oxygen atoms in total. The molecule has 0 radical (unpaired) electrons. The smallest absolute Gasteiger partial charge is 0.303 e. The maximum Gasteiger partial charge on any atom is 0.303 e. The summed E-state index contributed by atoms with van der Waals surface area (Å²) in [6, 6.07) is 10.8. The summed E-state index contributed by atoms with van der Waals surface area (Å²) in [7, 11) is 1.54. The number of carbonyl (C=O) groups excluding carboxylic acids is 2. The van der Waals surface area contributed by atoms with Crippen molar-refractivity contribution in [2.24, 2.45) is 0 Å². The Balaban J connectivity index is 0.000000343. The summed E-state index contributed by atoms with van der Waals surface area (Å²) >= 11 is 6.16. The molecule has 1 heterocycles. The van der Waals surface area contributed by atoms with Gasteiger partial charge >= 0.3 is 5.97 Å². The van der Waals surface area contributed by atoms with Gasteiger partial charge < -0.3 is 9.47 Å². The number of benzene rings is 2. The van der Waals surface area contributed by atoms with Crippen LogP contribution in [-0.2, 0) is 9.53 Å². The van der Waals surface area contributed by atoms with Crippen LogP contribution >= 0.6 is 11.6 Å². The maximum absolute atomic E-state index is 13.0. The zero-order valence-electron chi connectivity index (χ0n) is 17.9. The van der Waals surface area contributed by atoms with Crippen LogP contribution in [0.2, 0.25) is 5.02 Å². The lowest BCUT2D eigenvalue weighted by atomic mass is 10.2. The Kier molecular flexibility index (Phi) is 7.26. The number of hydrogen-bond acceptors (Lipinski definition) is 4. The number of hydrogen-bond donors (Lipinski definition) is 0. The number of aromatic nitrogens is 1. The molecule has 0 spiro atoms. The third-order valence-corrected chi connectivity index (χ3v) is 4.30. The summed E-state index contributed by atoms with van der Waals surface area (Å²) in [6.07, 6.45) is 0. The summed E-state index contributed by atoms with van der Waals surface area (Å²) in [5.74, 6) is -0.273. The molecule has 0 fully saturated rings. The number of fused-ring (bicyclic) bond motifs is 1. The number of aryl methyl sites for hydroxylation is 1. The molecule has 160 valence electrons. The van der Waals surface area contributed by atoms with E-state index in [-0.39, 0.29) is 23.3 Å². The molecule has 30 heavy (non-hydrogen) atoms. The Hall–Kier alpha value is -2.86. The zero-order valence-corrected chi connectivity index (χ0v) is 18.6. The normalized spacial score (nSPS) is 10.9. The van der Waals surface area contributed by atoms with Crippen molar-refractivity contribution in [3.63, 3.8) is 0 Å². The quantitative estimate of drug-likeness (QED) is 0.480. The van der Waals surface area contributed by atoms with E-state index in [1.54, 1.807) is 23.8 Å². The number of ether oxygens (including phenoxy) is 2. The van der Waals surface area contributed by atoms with Gasteiger partial charge in [0.2, 0.25) is 0 Å². The third-order valence-electron chi connectivity index (χ3n) is 4.00. The summed E-state index contributed by atoms with van der Waals surface area (Å²) in [5.41, 5.74) is 1.55. The average Bonchev–Trinajstić information content (AvgIpc) is 2.94. The molecule has 0 bridgehead atoms. The molecule has 1 aromatic heterocycles. The average molecular weight is 434 g/mol. The second kappa shape index (κ2) is 9.30. The number of rotatable bonds is 2. The maximum atomic E-state index is 13.0. The van der Waals surface area contributed by atoms with Crippen LogP contribution in [0.1, 0.15) is 43.7 Å². The first kappa shape index (κ1) is 23.4. The Labute approximate surface area is 180 Å². The van der Waals surface area contributed by atoms with Gasteiger partial charge in [0, 0.05) is 23.6 Å². The summed E-state index contributed by atoms with van der Waals surface area (Å²) in [6.45, 7) is 8.77. The van der Waals surface area contributed by atoms with Gasteiger partial charge in [-0.25, -0.2) is 4.39 Å². The summed E-state index contributed by atoms with van der Waals surface area (Å²) < 4.78 is 24.6. The molecular weight excluding hydrogens is 409 g/mol. The van der Waals surface area contributed by atoms with Gasteiger partial charge in [0.25, 0.3) is 5.91 Å². The van der Waals surface area contributed by atoms with Gasteiger partial charge in [-0.15, -0.1) is 0 Å². The third kappa shape index (κ3) is 5.83. The van der Waals surface area contributed by atoms with Crippen molar-refractivity contribution in [1.82, 2.24) is 4.57 Å². The fourth-order valence-corrected chi connectivity index (χ4v) is 3.16. The molecule has 0 N–H and O–H groups in total. The number of halogens is 2. The molecule has 0 aliphatic carbocycles. The number of esters is 1. The van der Waals surface area contributed by atoms with E-state index < -0.39 is 0 Å². The fraction of sp³-hybridized carbons (Fsp3) is 0.304. The van der Waals surface area contributed by atoms with E-state index in [0.29, 0.717) is 21.9 Å².